The zero-order valence-corrected chi connectivity index (χ0v) is 17.2. The van der Waals surface area contributed by atoms with E-state index in [-0.39, 0.29) is 13.0 Å². The number of rotatable bonds is 9. The minimum atomic E-state index is -1.72. The number of allylic oxidation sites excluding steroid dienone is 1. The highest BCUT2D eigenvalue weighted by molar-refractivity contribution is 6.43. The molecule has 0 fully saturated rings. The topological polar surface area (TPSA) is 133 Å². The maximum absolute atomic E-state index is 12.1. The van der Waals surface area contributed by atoms with E-state index in [0.717, 1.165) is 16.7 Å². The molecule has 162 valence electrons. The van der Waals surface area contributed by atoms with Crippen molar-refractivity contribution < 1.29 is 19.6 Å². The van der Waals surface area contributed by atoms with E-state index in [2.05, 4.69) is 21.5 Å². The van der Waals surface area contributed by atoms with Gasteiger partial charge in [0, 0.05) is 6.42 Å². The van der Waals surface area contributed by atoms with Gasteiger partial charge in [-0.25, -0.2) is 14.5 Å². The first-order valence-corrected chi connectivity index (χ1v) is 9.94. The normalized spacial score (nSPS) is 12.0. The quantitative estimate of drug-likeness (QED) is 0.347. The number of nitrogens with one attached hydrogen (secondary N) is 1. The highest BCUT2D eigenvalue weighted by Gasteiger charge is 2.26. The molecule has 1 heterocycles. The molecule has 1 amide bonds. The molecule has 1 atom stereocenters. The van der Waals surface area contributed by atoms with Crippen LogP contribution in [0.25, 0.3) is 11.8 Å². The molecule has 0 saturated carbocycles. The van der Waals surface area contributed by atoms with Gasteiger partial charge in [-0.2, -0.15) is 10.4 Å². The molecule has 10 heteroatoms. The summed E-state index contributed by atoms with van der Waals surface area (Å²) in [5, 5.41) is 34.9. The maximum Gasteiger partial charge on any atom is 0.475 e. The molecule has 0 aliphatic rings. The Morgan fingerprint density at radius 3 is 2.69 bits per heavy atom. The van der Waals surface area contributed by atoms with Crippen LogP contribution in [0.3, 0.4) is 0 Å². The van der Waals surface area contributed by atoms with Crippen LogP contribution in [-0.4, -0.2) is 50.6 Å². The second-order valence-corrected chi connectivity index (χ2v) is 6.97. The molecule has 3 rings (SSSR count). The fourth-order valence-corrected chi connectivity index (χ4v) is 3.03. The zero-order valence-electron chi connectivity index (χ0n) is 17.2. The van der Waals surface area contributed by atoms with Gasteiger partial charge in [-0.1, -0.05) is 54.6 Å². The van der Waals surface area contributed by atoms with Gasteiger partial charge >= 0.3 is 13.2 Å². The molecule has 3 aromatic rings. The lowest BCUT2D eigenvalue weighted by Crippen LogP contribution is -2.48. The van der Waals surface area contributed by atoms with Crippen molar-refractivity contribution >= 4 is 25.0 Å². The first-order chi connectivity index (χ1) is 15.5. The highest BCUT2D eigenvalue weighted by atomic mass is 16.5. The lowest BCUT2D eigenvalue weighted by atomic mass is 9.76. The Balaban J connectivity index is 1.53. The van der Waals surface area contributed by atoms with E-state index in [1.807, 2.05) is 54.6 Å². The lowest BCUT2D eigenvalue weighted by molar-refractivity contribution is 0.144. The van der Waals surface area contributed by atoms with Gasteiger partial charge in [0.05, 0.1) is 12.5 Å². The van der Waals surface area contributed by atoms with Gasteiger partial charge in [-0.3, -0.25) is 0 Å². The Kier molecular flexibility index (Phi) is 8.14. The van der Waals surface area contributed by atoms with E-state index < -0.39 is 19.2 Å². The van der Waals surface area contributed by atoms with Crippen LogP contribution in [0.5, 0.6) is 0 Å². The number of hydrogen-bond donors (Lipinski definition) is 3. The first kappa shape index (κ1) is 22.7. The summed E-state index contributed by atoms with van der Waals surface area (Å²) < 4.78 is 6.58. The van der Waals surface area contributed by atoms with Crippen LogP contribution in [0.15, 0.2) is 67.3 Å². The van der Waals surface area contributed by atoms with Crippen LogP contribution in [0, 0.1) is 11.3 Å². The Hall–Kier alpha value is -3.94. The summed E-state index contributed by atoms with van der Waals surface area (Å²) in [4.78, 5) is 15.9. The predicted octanol–water partition coefficient (Wildman–Crippen LogP) is 1.69. The smallest absolute Gasteiger partial charge is 0.449 e. The number of aromatic nitrogens is 3. The zero-order chi connectivity index (χ0) is 22.8. The summed E-state index contributed by atoms with van der Waals surface area (Å²) >= 11 is 0. The van der Waals surface area contributed by atoms with Crippen LogP contribution < -0.4 is 5.32 Å². The van der Waals surface area contributed by atoms with Crippen LogP contribution in [0.4, 0.5) is 4.79 Å². The largest absolute Gasteiger partial charge is 0.475 e. The fourth-order valence-electron chi connectivity index (χ4n) is 3.03. The summed E-state index contributed by atoms with van der Waals surface area (Å²) in [6.45, 7) is 0.104. The molecule has 2 aromatic carbocycles. The number of nitrogens with zero attached hydrogens (tertiary/aromatic N) is 4. The minimum absolute atomic E-state index is 0.104. The van der Waals surface area contributed by atoms with Crippen molar-refractivity contribution in [2.45, 2.75) is 18.8 Å². The van der Waals surface area contributed by atoms with Crippen LogP contribution in [0.2, 0.25) is 0 Å². The third-order valence-electron chi connectivity index (χ3n) is 4.62. The third-order valence-corrected chi connectivity index (χ3v) is 4.62. The number of alkyl carbamates (subject to hydrolysis) is 1. The summed E-state index contributed by atoms with van der Waals surface area (Å²) in [7, 11) is -1.72. The summed E-state index contributed by atoms with van der Waals surface area (Å²) in [5.41, 5.74) is 2.89. The van der Waals surface area contributed by atoms with E-state index in [1.54, 1.807) is 6.08 Å². The second kappa shape index (κ2) is 11.5. The number of amides is 1. The van der Waals surface area contributed by atoms with Gasteiger partial charge in [-0.15, -0.1) is 0 Å². The Labute approximate surface area is 185 Å². The fraction of sp³-hybridized carbons (Fsp3) is 0.182. The molecule has 0 spiro atoms. The van der Waals surface area contributed by atoms with Crippen molar-refractivity contribution in [3.63, 3.8) is 0 Å². The molecule has 1 aromatic heterocycles. The summed E-state index contributed by atoms with van der Waals surface area (Å²) in [6.07, 6.45) is 4.46. The van der Waals surface area contributed by atoms with E-state index >= 15 is 0 Å². The molecular weight excluding hydrogens is 409 g/mol. The molecule has 32 heavy (non-hydrogen) atoms. The Morgan fingerprint density at radius 2 is 2.00 bits per heavy atom. The summed E-state index contributed by atoms with van der Waals surface area (Å²) in [5.74, 6) is -0.889. The van der Waals surface area contributed by atoms with Crippen molar-refractivity contribution in [1.29, 1.82) is 5.26 Å². The standard InChI is InChI=1S/C22H22BN5O4/c24-14-20(28-16-25-15-26-28)12-19-8-4-7-18(11-19)9-10-32-22(29)27-21(23(30)31)13-17-5-2-1-3-6-17/h1-8,11-12,15-16,21,30-31H,9-10,13H2,(H,27,29). The molecule has 9 nitrogen and oxygen atoms in total. The second-order valence-electron chi connectivity index (χ2n) is 6.97. The van der Waals surface area contributed by atoms with Gasteiger partial charge in [0.1, 0.15) is 24.4 Å². The van der Waals surface area contributed by atoms with Crippen LogP contribution in [-0.2, 0) is 17.6 Å². The van der Waals surface area contributed by atoms with Crippen molar-refractivity contribution in [2.75, 3.05) is 6.61 Å². The number of hydrogen-bond acceptors (Lipinski definition) is 7. The average molecular weight is 431 g/mol. The van der Waals surface area contributed by atoms with Crippen LogP contribution >= 0.6 is 0 Å². The molecule has 0 aliphatic heterocycles. The minimum Gasteiger partial charge on any atom is -0.449 e. The molecule has 0 radical (unpaired) electrons. The number of carbonyl (C=O) groups is 1. The third kappa shape index (κ3) is 6.80. The first-order valence-electron chi connectivity index (χ1n) is 9.94. The van der Waals surface area contributed by atoms with Crippen molar-refractivity contribution in [2.24, 2.45) is 0 Å². The van der Waals surface area contributed by atoms with E-state index in [9.17, 15) is 20.1 Å². The molecule has 0 bridgehead atoms. The lowest BCUT2D eigenvalue weighted by Gasteiger charge is -2.17. The summed E-state index contributed by atoms with van der Waals surface area (Å²) in [6, 6.07) is 18.7. The van der Waals surface area contributed by atoms with Gasteiger partial charge in [0.15, 0.2) is 0 Å². The Bertz CT molecular complexity index is 1080. The highest BCUT2D eigenvalue weighted by Crippen LogP contribution is 2.13. The van der Waals surface area contributed by atoms with Gasteiger partial charge in [0.2, 0.25) is 0 Å². The maximum atomic E-state index is 12.1. The SMILES string of the molecule is N#CC(=Cc1cccc(CCOC(=O)NC(Cc2ccccc2)B(O)O)c1)n1cncn1. The van der Waals surface area contributed by atoms with Crippen molar-refractivity contribution in [3.05, 3.63) is 83.9 Å². The monoisotopic (exact) mass is 431 g/mol. The van der Waals surface area contributed by atoms with E-state index in [0.29, 0.717) is 12.1 Å². The van der Waals surface area contributed by atoms with E-state index in [1.165, 1.54) is 17.3 Å². The number of benzene rings is 2. The molecular formula is C22H22BN5O4. The van der Waals surface area contributed by atoms with Crippen molar-refractivity contribution in [1.82, 2.24) is 20.1 Å². The van der Waals surface area contributed by atoms with Crippen molar-refractivity contribution in [3.8, 4) is 6.07 Å². The van der Waals surface area contributed by atoms with Gasteiger partial charge < -0.3 is 20.1 Å². The molecule has 0 aliphatic carbocycles. The van der Waals surface area contributed by atoms with Gasteiger partial charge in [-0.05, 0) is 29.2 Å². The van der Waals surface area contributed by atoms with Crippen LogP contribution in [0.1, 0.15) is 16.7 Å². The predicted molar refractivity (Wildman–Crippen MR) is 119 cm³/mol. The average Bonchev–Trinajstić information content (AvgIpc) is 3.33. The molecule has 3 N–H and O–H groups in total. The van der Waals surface area contributed by atoms with E-state index in [4.69, 9.17) is 4.74 Å². The number of ether oxygens (including phenoxy) is 1. The number of nitriles is 1. The molecule has 1 unspecified atom stereocenters. The molecule has 0 saturated heterocycles. The van der Waals surface area contributed by atoms with Gasteiger partial charge in [0.25, 0.3) is 0 Å². The number of carbonyl (C=O) groups excluding carboxylic acids is 1. The Morgan fingerprint density at radius 1 is 1.22 bits per heavy atom.